The zero-order valence-corrected chi connectivity index (χ0v) is 12.7. The lowest BCUT2D eigenvalue weighted by molar-refractivity contribution is -0.153. The first-order valence-electron chi connectivity index (χ1n) is 7.40. The van der Waals surface area contributed by atoms with Crippen molar-refractivity contribution in [2.75, 3.05) is 0 Å². The number of hydrogen-bond donors (Lipinski definition) is 3. The number of amides is 1. The summed E-state index contributed by atoms with van der Waals surface area (Å²) in [6, 6.07) is -1.01. The Hall–Kier alpha value is -1.89. The summed E-state index contributed by atoms with van der Waals surface area (Å²) in [6.07, 6.45) is 0.800. The number of hydrogen-bond acceptors (Lipinski definition) is 5. The number of carbonyl (C=O) groups excluding carboxylic acids is 2. The molecule has 0 aromatic heterocycles. The molecule has 0 spiro atoms. The molecule has 122 valence electrons. The maximum atomic E-state index is 12.1. The molecule has 1 saturated carbocycles. The molecule has 1 aliphatic carbocycles. The number of aliphatic hydroxyl groups excluding tert-OH is 1. The van der Waals surface area contributed by atoms with Crippen molar-refractivity contribution < 1.29 is 29.3 Å². The summed E-state index contributed by atoms with van der Waals surface area (Å²) < 4.78 is 5.34. The fourth-order valence-corrected chi connectivity index (χ4v) is 3.05. The van der Waals surface area contributed by atoms with Crippen molar-refractivity contribution in [2.45, 2.75) is 57.8 Å². The molecule has 0 aromatic rings. The van der Waals surface area contributed by atoms with E-state index in [1.54, 1.807) is 6.92 Å². The van der Waals surface area contributed by atoms with Gasteiger partial charge in [0.15, 0.2) is 0 Å². The predicted molar refractivity (Wildman–Crippen MR) is 75.8 cm³/mol. The van der Waals surface area contributed by atoms with Crippen LogP contribution in [-0.4, -0.2) is 46.3 Å². The Morgan fingerprint density at radius 3 is 2.73 bits per heavy atom. The molecule has 4 unspecified atom stereocenters. The van der Waals surface area contributed by atoms with E-state index in [9.17, 15) is 19.5 Å². The molecule has 1 aliphatic heterocycles. The van der Waals surface area contributed by atoms with E-state index in [1.165, 1.54) is 6.92 Å². The molecule has 0 saturated heterocycles. The third-order valence-electron chi connectivity index (χ3n) is 4.39. The summed E-state index contributed by atoms with van der Waals surface area (Å²) in [4.78, 5) is 34.7. The van der Waals surface area contributed by atoms with E-state index in [0.29, 0.717) is 24.8 Å². The average Bonchev–Trinajstić information content (AvgIpc) is 2.42. The SMILES string of the molecule is CC1=C(CC(=O)NC(C)C(=O)O)C(=O)OC2CC(O)CCC12. The van der Waals surface area contributed by atoms with Gasteiger partial charge in [-0.25, -0.2) is 4.79 Å². The Labute approximate surface area is 128 Å². The summed E-state index contributed by atoms with van der Waals surface area (Å²) in [7, 11) is 0. The van der Waals surface area contributed by atoms with Gasteiger partial charge < -0.3 is 20.3 Å². The summed E-state index contributed by atoms with van der Waals surface area (Å²) in [6.45, 7) is 3.16. The molecule has 0 bridgehead atoms. The van der Waals surface area contributed by atoms with Crippen molar-refractivity contribution in [3.63, 3.8) is 0 Å². The number of esters is 1. The van der Waals surface area contributed by atoms with Crippen molar-refractivity contribution in [3.05, 3.63) is 11.1 Å². The molecule has 1 amide bonds. The van der Waals surface area contributed by atoms with E-state index >= 15 is 0 Å². The first-order chi connectivity index (χ1) is 10.3. The first-order valence-corrected chi connectivity index (χ1v) is 7.40. The number of fused-ring (bicyclic) bond motifs is 1. The molecule has 2 rings (SSSR count). The standard InChI is InChI=1S/C15H21NO6/c1-7-10-4-3-9(17)5-12(10)22-15(21)11(7)6-13(18)16-8(2)14(19)20/h8-10,12,17H,3-6H2,1-2H3,(H,16,18)(H,19,20). The van der Waals surface area contributed by atoms with Crippen LogP contribution in [0, 0.1) is 5.92 Å². The van der Waals surface area contributed by atoms with Gasteiger partial charge in [0.1, 0.15) is 12.1 Å². The highest BCUT2D eigenvalue weighted by atomic mass is 16.5. The molecular weight excluding hydrogens is 290 g/mol. The number of carbonyl (C=O) groups is 3. The monoisotopic (exact) mass is 311 g/mol. The van der Waals surface area contributed by atoms with Gasteiger partial charge in [-0.2, -0.15) is 0 Å². The largest absolute Gasteiger partial charge is 0.480 e. The van der Waals surface area contributed by atoms with E-state index in [4.69, 9.17) is 9.84 Å². The minimum atomic E-state index is -1.13. The molecule has 22 heavy (non-hydrogen) atoms. The molecule has 0 aromatic carbocycles. The van der Waals surface area contributed by atoms with Crippen LogP contribution in [0.5, 0.6) is 0 Å². The Bertz CT molecular complexity index is 526. The minimum Gasteiger partial charge on any atom is -0.480 e. The van der Waals surface area contributed by atoms with E-state index < -0.39 is 30.0 Å². The van der Waals surface area contributed by atoms with E-state index in [-0.39, 0.29) is 18.4 Å². The Balaban J connectivity index is 2.09. The van der Waals surface area contributed by atoms with Crippen LogP contribution in [0.3, 0.4) is 0 Å². The zero-order valence-electron chi connectivity index (χ0n) is 12.7. The van der Waals surface area contributed by atoms with Crippen LogP contribution in [0.2, 0.25) is 0 Å². The molecule has 3 N–H and O–H groups in total. The molecule has 1 heterocycles. The summed E-state index contributed by atoms with van der Waals surface area (Å²) >= 11 is 0. The van der Waals surface area contributed by atoms with Gasteiger partial charge >= 0.3 is 11.9 Å². The number of aliphatic hydroxyl groups is 1. The first kappa shape index (κ1) is 16.5. The van der Waals surface area contributed by atoms with Crippen LogP contribution in [0.4, 0.5) is 0 Å². The second kappa shape index (κ2) is 6.48. The van der Waals surface area contributed by atoms with Gasteiger partial charge in [-0.05, 0) is 26.7 Å². The lowest BCUT2D eigenvalue weighted by atomic mass is 9.77. The highest BCUT2D eigenvalue weighted by Gasteiger charge is 2.40. The predicted octanol–water partition coefficient (Wildman–Crippen LogP) is 0.369. The number of carboxylic acid groups (broad SMARTS) is 1. The van der Waals surface area contributed by atoms with Gasteiger partial charge in [0.05, 0.1) is 12.5 Å². The molecule has 2 aliphatic rings. The quantitative estimate of drug-likeness (QED) is 0.647. The van der Waals surface area contributed by atoms with Crippen LogP contribution < -0.4 is 5.32 Å². The molecule has 0 radical (unpaired) electrons. The Morgan fingerprint density at radius 1 is 1.41 bits per heavy atom. The molecule has 4 atom stereocenters. The van der Waals surface area contributed by atoms with Gasteiger partial charge in [0.25, 0.3) is 0 Å². The Kier molecular flexibility index (Phi) is 4.85. The average molecular weight is 311 g/mol. The van der Waals surface area contributed by atoms with Crippen molar-refractivity contribution in [1.29, 1.82) is 0 Å². The van der Waals surface area contributed by atoms with Crippen LogP contribution >= 0.6 is 0 Å². The molecule has 7 nitrogen and oxygen atoms in total. The maximum Gasteiger partial charge on any atom is 0.334 e. The van der Waals surface area contributed by atoms with Crippen LogP contribution in [-0.2, 0) is 19.1 Å². The van der Waals surface area contributed by atoms with E-state index in [2.05, 4.69) is 5.32 Å². The highest BCUT2D eigenvalue weighted by molar-refractivity contribution is 5.97. The fraction of sp³-hybridized carbons (Fsp3) is 0.667. The van der Waals surface area contributed by atoms with Gasteiger partial charge in [0, 0.05) is 17.9 Å². The normalized spacial score (nSPS) is 29.4. The van der Waals surface area contributed by atoms with Crippen molar-refractivity contribution in [2.24, 2.45) is 5.92 Å². The third kappa shape index (κ3) is 3.47. The van der Waals surface area contributed by atoms with E-state index in [1.807, 2.05) is 0 Å². The minimum absolute atomic E-state index is 0.0285. The third-order valence-corrected chi connectivity index (χ3v) is 4.39. The van der Waals surface area contributed by atoms with Crippen molar-refractivity contribution in [1.82, 2.24) is 5.32 Å². The summed E-state index contributed by atoms with van der Waals surface area (Å²) in [5.41, 5.74) is 1.11. The van der Waals surface area contributed by atoms with Crippen LogP contribution in [0.15, 0.2) is 11.1 Å². The van der Waals surface area contributed by atoms with Gasteiger partial charge in [-0.3, -0.25) is 9.59 Å². The van der Waals surface area contributed by atoms with Gasteiger partial charge in [-0.15, -0.1) is 0 Å². The van der Waals surface area contributed by atoms with Crippen molar-refractivity contribution in [3.8, 4) is 0 Å². The zero-order chi connectivity index (χ0) is 16.4. The molecular formula is C15H21NO6. The fourth-order valence-electron chi connectivity index (χ4n) is 3.05. The lowest BCUT2D eigenvalue weighted by Crippen LogP contribution is -2.42. The Morgan fingerprint density at radius 2 is 2.09 bits per heavy atom. The number of rotatable bonds is 4. The molecule has 1 fully saturated rings. The van der Waals surface area contributed by atoms with Gasteiger partial charge in [-0.1, -0.05) is 5.57 Å². The lowest BCUT2D eigenvalue weighted by Gasteiger charge is -2.38. The van der Waals surface area contributed by atoms with Gasteiger partial charge in [0.2, 0.25) is 5.91 Å². The number of carboxylic acids is 1. The maximum absolute atomic E-state index is 12.1. The number of ether oxygens (including phenoxy) is 1. The second-order valence-corrected chi connectivity index (χ2v) is 5.98. The van der Waals surface area contributed by atoms with E-state index in [0.717, 1.165) is 5.57 Å². The van der Waals surface area contributed by atoms with Crippen LogP contribution in [0.25, 0.3) is 0 Å². The molecule has 7 heteroatoms. The smallest absolute Gasteiger partial charge is 0.334 e. The highest BCUT2D eigenvalue weighted by Crippen LogP contribution is 2.38. The summed E-state index contributed by atoms with van der Waals surface area (Å²) in [5, 5.41) is 20.8. The van der Waals surface area contributed by atoms with Crippen molar-refractivity contribution >= 4 is 17.8 Å². The summed E-state index contributed by atoms with van der Waals surface area (Å²) in [5.74, 6) is -2.17. The second-order valence-electron chi connectivity index (χ2n) is 5.98. The number of nitrogens with one attached hydrogen (secondary N) is 1. The van der Waals surface area contributed by atoms with Crippen LogP contribution in [0.1, 0.15) is 39.5 Å². The number of aliphatic carboxylic acids is 1. The topological polar surface area (TPSA) is 113 Å².